The summed E-state index contributed by atoms with van der Waals surface area (Å²) in [5.41, 5.74) is 0. The van der Waals surface area contributed by atoms with Crippen molar-refractivity contribution in [1.82, 2.24) is 0 Å². The lowest BCUT2D eigenvalue weighted by Gasteiger charge is -2.52. The van der Waals surface area contributed by atoms with Gasteiger partial charge in [0.25, 0.3) is 0 Å². The van der Waals surface area contributed by atoms with Crippen molar-refractivity contribution < 1.29 is 183 Å². The molecule has 0 aromatic carbocycles. The van der Waals surface area contributed by atoms with Crippen molar-refractivity contribution >= 4 is 5.97 Å². The summed E-state index contributed by atoms with van der Waals surface area (Å²) in [6.45, 7) is -6.87. The van der Waals surface area contributed by atoms with Crippen molar-refractivity contribution in [2.45, 2.75) is 215 Å². The van der Waals surface area contributed by atoms with E-state index in [0.29, 0.717) is 0 Å². The zero-order valence-corrected chi connectivity index (χ0v) is 40.8. The highest BCUT2D eigenvalue weighted by Crippen LogP contribution is 2.41. The molecule has 458 valence electrons. The summed E-state index contributed by atoms with van der Waals surface area (Å²) in [6.07, 6.45) is -75.7. The van der Waals surface area contributed by atoms with E-state index in [1.165, 1.54) is 0 Å². The van der Waals surface area contributed by atoms with Gasteiger partial charge in [0.2, 0.25) is 0 Å². The highest BCUT2D eigenvalue weighted by Gasteiger charge is 2.63. The minimum absolute atomic E-state index is 1.06. The average Bonchev–Trinajstić information content (AvgIpc) is 3.54. The molecule has 23 heterocycles. The van der Waals surface area contributed by atoms with Crippen LogP contribution in [-0.4, -0.2) is 373 Å². The lowest BCUT2D eigenvalue weighted by Crippen LogP contribution is -2.72. The molecule has 35 atom stereocenters. The Hall–Kier alpha value is -1.93. The number of carboxylic acid groups (broad SMARTS) is 1. The Morgan fingerprint density at radius 2 is 0.595 bits per heavy atom. The third-order valence-electron chi connectivity index (χ3n) is 14.8. The van der Waals surface area contributed by atoms with Crippen LogP contribution >= 0.6 is 0 Å². The summed E-state index contributed by atoms with van der Waals surface area (Å²) < 4.78 is 78.7. The second-order valence-electron chi connectivity index (χ2n) is 19.9. The highest BCUT2D eigenvalue weighted by molar-refractivity contribution is 5.73. The van der Waals surface area contributed by atoms with E-state index in [2.05, 4.69) is 0 Å². The molecule has 23 fully saturated rings. The van der Waals surface area contributed by atoms with Crippen molar-refractivity contribution in [2.75, 3.05) is 39.6 Å². The average molecular weight is 1160 g/mol. The van der Waals surface area contributed by atoms with Crippen LogP contribution in [0.1, 0.15) is 0 Å². The third kappa shape index (κ3) is 12.1. The number of ether oxygens (including phenoxy) is 14. The van der Waals surface area contributed by atoms with Gasteiger partial charge in [-0.05, 0) is 0 Å². The van der Waals surface area contributed by atoms with Crippen molar-refractivity contribution in [3.8, 4) is 0 Å². The van der Waals surface area contributed by atoms with Crippen molar-refractivity contribution in [1.29, 1.82) is 0 Å². The molecule has 1 unspecified atom stereocenters. The molecular formula is C42H68O37. The first-order valence-corrected chi connectivity index (χ1v) is 24.7. The Labute approximate surface area is 443 Å². The first kappa shape index (κ1) is 63.1. The smallest absolute Gasteiger partial charge is 0.335 e. The minimum Gasteiger partial charge on any atom is -0.479 e. The van der Waals surface area contributed by atoms with Gasteiger partial charge in [0.05, 0.1) is 39.6 Å². The molecule has 0 aromatic heterocycles. The van der Waals surface area contributed by atoms with Gasteiger partial charge in [-0.3, -0.25) is 0 Å². The molecule has 37 nitrogen and oxygen atoms in total. The van der Waals surface area contributed by atoms with Gasteiger partial charge >= 0.3 is 11.9 Å². The standard InChI is InChI=1S/C42H68O37/c43-1-7-13(49)19(55)34(62)42(65,78-7)79-31-25(61)41-75-30-12(6-48)69-39(23(59)17(30)53)73-28-10(4-46)67-37(21(57)15(28)51)71-26-8(2-44)66-36(20(56)14(26)50)72-27-9(3-45)68-38(22(58)16(27)52)74-29-11(5-47)70-40(24(60)18(29)54)76-32(31)33(77-41)35(63)64/h7-34,36-41,43-62,65H,1-6H2,(H,63,64)/t7-,8-,9-,10-,11-,12-,13-,14-,15-,16-,17-,18-,19+,20-,21-,22-,23-,24-,25-,26-,27-,28-,29-,30-,31-,32+,33-,34-,36-,37-,38-,39-,40-,41-,42?/m1/s1. The van der Waals surface area contributed by atoms with Gasteiger partial charge in [-0.25, -0.2) is 4.79 Å². The predicted molar refractivity (Wildman–Crippen MR) is 230 cm³/mol. The summed E-state index contributed by atoms with van der Waals surface area (Å²) in [7, 11) is 0. The van der Waals surface area contributed by atoms with Gasteiger partial charge in [0.15, 0.2) is 49.9 Å². The molecule has 23 aliphatic rings. The van der Waals surface area contributed by atoms with Crippen LogP contribution in [-0.2, 0) is 71.1 Å². The van der Waals surface area contributed by atoms with Crippen LogP contribution in [0.5, 0.6) is 0 Å². The molecule has 37 heteroatoms. The first-order valence-electron chi connectivity index (χ1n) is 24.7. The fourth-order valence-corrected chi connectivity index (χ4v) is 10.4. The molecule has 0 saturated carbocycles. The molecule has 0 spiro atoms. The van der Waals surface area contributed by atoms with Crippen molar-refractivity contribution in [2.24, 2.45) is 0 Å². The van der Waals surface area contributed by atoms with Crippen LogP contribution in [0.3, 0.4) is 0 Å². The highest BCUT2D eigenvalue weighted by atomic mass is 16.9. The molecule has 79 heavy (non-hydrogen) atoms. The van der Waals surface area contributed by atoms with Crippen LogP contribution in [0.15, 0.2) is 0 Å². The zero-order chi connectivity index (χ0) is 57.8. The maximum Gasteiger partial charge on any atom is 0.335 e. The molecule has 0 aromatic rings. The fraction of sp³-hybridized carbons (Fsp3) is 0.976. The molecule has 0 aliphatic carbocycles. The van der Waals surface area contributed by atoms with E-state index in [1.807, 2.05) is 0 Å². The van der Waals surface area contributed by atoms with Crippen LogP contribution in [0.25, 0.3) is 0 Å². The topological polar surface area (TPSA) is 591 Å². The van der Waals surface area contributed by atoms with Crippen molar-refractivity contribution in [3.63, 3.8) is 0 Å². The summed E-state index contributed by atoms with van der Waals surface area (Å²) in [4.78, 5) is 13.1. The molecule has 23 aliphatic heterocycles. The Morgan fingerprint density at radius 3 is 0.861 bits per heavy atom. The lowest BCUT2D eigenvalue weighted by molar-refractivity contribution is -0.479. The summed E-state index contributed by atoms with van der Waals surface area (Å²) in [5, 5.41) is 242. The molecular weight excluding hydrogens is 1100 g/mol. The predicted octanol–water partition coefficient (Wildman–Crippen LogP) is -15.8. The van der Waals surface area contributed by atoms with Crippen LogP contribution in [0, 0.1) is 0 Å². The zero-order valence-electron chi connectivity index (χ0n) is 40.8. The molecule has 0 radical (unpaired) electrons. The molecule has 0 amide bonds. The Bertz CT molecular complexity index is 1950. The van der Waals surface area contributed by atoms with E-state index in [9.17, 15) is 117 Å². The van der Waals surface area contributed by atoms with Crippen LogP contribution in [0.4, 0.5) is 0 Å². The lowest BCUT2D eigenvalue weighted by atomic mass is 9.94. The number of aliphatic hydroxyl groups is 21. The van der Waals surface area contributed by atoms with E-state index in [0.717, 1.165) is 0 Å². The number of hydrogen-bond donors (Lipinski definition) is 22. The Balaban J connectivity index is 1.16. The Kier molecular flexibility index (Phi) is 20.6. The first-order chi connectivity index (χ1) is 37.4. The van der Waals surface area contributed by atoms with E-state index in [-0.39, 0.29) is 0 Å². The quantitative estimate of drug-likeness (QED) is 0.0953. The molecule has 23 rings (SSSR count). The largest absolute Gasteiger partial charge is 0.479 e. The van der Waals surface area contributed by atoms with Gasteiger partial charge in [-0.15, -0.1) is 0 Å². The normalized spacial score (nSPS) is 55.0. The maximum atomic E-state index is 13.1. The van der Waals surface area contributed by atoms with Gasteiger partial charge < -0.3 is 179 Å². The minimum atomic E-state index is -3.70. The van der Waals surface area contributed by atoms with Gasteiger partial charge in [0.1, 0.15) is 159 Å². The third-order valence-corrected chi connectivity index (χ3v) is 14.8. The fourth-order valence-electron chi connectivity index (χ4n) is 10.4. The second-order valence-corrected chi connectivity index (χ2v) is 19.9. The summed E-state index contributed by atoms with van der Waals surface area (Å²) in [6, 6.07) is 0. The van der Waals surface area contributed by atoms with Crippen molar-refractivity contribution in [3.05, 3.63) is 0 Å². The molecule has 23 saturated heterocycles. The number of carbonyl (C=O) groups is 1. The van der Waals surface area contributed by atoms with Crippen LogP contribution in [0.2, 0.25) is 0 Å². The molecule has 12 bridgehead atoms. The maximum absolute atomic E-state index is 13.1. The summed E-state index contributed by atoms with van der Waals surface area (Å²) >= 11 is 0. The number of carboxylic acids is 1. The van der Waals surface area contributed by atoms with E-state index in [4.69, 9.17) is 66.3 Å². The van der Waals surface area contributed by atoms with Gasteiger partial charge in [-0.2, -0.15) is 0 Å². The number of hydrogen-bond acceptors (Lipinski definition) is 36. The van der Waals surface area contributed by atoms with Gasteiger partial charge in [-0.1, -0.05) is 0 Å². The Morgan fingerprint density at radius 1 is 0.329 bits per heavy atom. The van der Waals surface area contributed by atoms with E-state index < -0.39 is 260 Å². The number of rotatable bonds is 9. The van der Waals surface area contributed by atoms with E-state index in [1.54, 1.807) is 0 Å². The van der Waals surface area contributed by atoms with Gasteiger partial charge in [0, 0.05) is 0 Å². The number of aliphatic carboxylic acids is 1. The van der Waals surface area contributed by atoms with E-state index >= 15 is 0 Å². The van der Waals surface area contributed by atoms with Crippen LogP contribution < -0.4 is 0 Å². The molecule has 22 N–H and O–H groups in total. The number of aliphatic hydroxyl groups excluding tert-OH is 20. The SMILES string of the molecule is O=C(O)[C@@H]1O[C@H]2O[C@H]3[C@H](O)[C@@H](O)[C@@H](O[C@H]4[C@H](O)[C@@H](O)[C@@H](O[C@H]5[C@H](O)[C@@H](O)[C@@H](O[C@H]6[C@H](O)[C@@H](O)[C@@H](O[C@H]7[C@H](O)[C@@H](O)[C@@H](O[C@H]1[C@H](OC1(O)O[C@H](CO)[C@@H](O)[C@H](O)[C@H]1O)[C@H]2O)O[C@@H]7CO)O[C@@H]6CO)O[C@@H]5CO)O[C@@H]4CO)O[C@@H]3CO. The summed E-state index contributed by atoms with van der Waals surface area (Å²) in [5.74, 6) is -5.79. The second kappa shape index (κ2) is 25.7. The monoisotopic (exact) mass is 1160 g/mol.